The number of aromatic carboxylic acids is 1. The van der Waals surface area contributed by atoms with E-state index in [9.17, 15) is 15.0 Å². The molecule has 0 bridgehead atoms. The molecule has 0 saturated carbocycles. The summed E-state index contributed by atoms with van der Waals surface area (Å²) in [4.78, 5) is 24.0. The van der Waals surface area contributed by atoms with Gasteiger partial charge in [0, 0.05) is 68.0 Å². The summed E-state index contributed by atoms with van der Waals surface area (Å²) in [7, 11) is 2.18. The van der Waals surface area contributed by atoms with Crippen molar-refractivity contribution in [3.05, 3.63) is 59.3 Å². The number of piperazine rings is 1. The minimum Gasteiger partial charge on any atom is -0.494 e. The van der Waals surface area contributed by atoms with Gasteiger partial charge >= 0.3 is 5.97 Å². The first-order valence-corrected chi connectivity index (χ1v) is 12.5. The van der Waals surface area contributed by atoms with Gasteiger partial charge in [-0.25, -0.2) is 4.79 Å². The highest BCUT2D eigenvalue weighted by Crippen LogP contribution is 2.34. The molecule has 3 heterocycles. The molecule has 0 radical (unpaired) electrons. The molecular weight excluding hydrogens is 454 g/mol. The standard InChI is InChI=1S/C28H33N5O3/c1-18(2)22-15-20(28(35)36)16-24-26(22)23(27(34)30-24)17-29-21-4-5-25-19(14-21)6-7-33(25)13-12-32-10-8-31(3)9-11-32/h4-7,14-18,30,34H,8-13H2,1-3H3,(H,35,36). The zero-order valence-corrected chi connectivity index (χ0v) is 21.0. The van der Waals surface area contributed by atoms with E-state index in [0.717, 1.165) is 61.3 Å². The highest BCUT2D eigenvalue weighted by molar-refractivity contribution is 6.06. The lowest BCUT2D eigenvalue weighted by Crippen LogP contribution is -2.45. The van der Waals surface area contributed by atoms with Gasteiger partial charge in [-0.1, -0.05) is 13.8 Å². The van der Waals surface area contributed by atoms with Crippen molar-refractivity contribution < 1.29 is 15.0 Å². The molecule has 0 unspecified atom stereocenters. The van der Waals surface area contributed by atoms with Crippen LogP contribution in [0.5, 0.6) is 5.88 Å². The van der Waals surface area contributed by atoms with Crippen LogP contribution in [0.1, 0.15) is 41.3 Å². The Morgan fingerprint density at radius 3 is 2.61 bits per heavy atom. The van der Waals surface area contributed by atoms with E-state index >= 15 is 0 Å². The fraction of sp³-hybridized carbons (Fsp3) is 0.357. The lowest BCUT2D eigenvalue weighted by atomic mass is 9.94. The number of aliphatic imine (C=N–C) groups is 1. The van der Waals surface area contributed by atoms with Gasteiger partial charge in [0.05, 0.1) is 22.3 Å². The molecule has 2 aromatic heterocycles. The lowest BCUT2D eigenvalue weighted by molar-refractivity contribution is 0.0697. The molecular formula is C28H33N5O3. The molecule has 2 aromatic carbocycles. The molecule has 4 aromatic rings. The van der Waals surface area contributed by atoms with Crippen LogP contribution >= 0.6 is 0 Å². The maximum absolute atomic E-state index is 11.6. The summed E-state index contributed by atoms with van der Waals surface area (Å²) in [5.41, 5.74) is 4.18. The summed E-state index contributed by atoms with van der Waals surface area (Å²) in [6, 6.07) is 11.5. The van der Waals surface area contributed by atoms with E-state index in [4.69, 9.17) is 0 Å². The van der Waals surface area contributed by atoms with Crippen molar-refractivity contribution in [2.75, 3.05) is 39.8 Å². The first-order chi connectivity index (χ1) is 17.3. The zero-order chi connectivity index (χ0) is 25.4. The summed E-state index contributed by atoms with van der Waals surface area (Å²) in [5.74, 6) is -0.933. The van der Waals surface area contributed by atoms with Crippen molar-refractivity contribution in [2.45, 2.75) is 26.3 Å². The van der Waals surface area contributed by atoms with E-state index in [1.165, 1.54) is 5.52 Å². The summed E-state index contributed by atoms with van der Waals surface area (Å²) in [6.45, 7) is 10.5. The number of hydrogen-bond donors (Lipinski definition) is 3. The fourth-order valence-electron chi connectivity index (χ4n) is 5.00. The van der Waals surface area contributed by atoms with Gasteiger partial charge in [-0.3, -0.25) is 9.89 Å². The maximum atomic E-state index is 11.6. The number of nitrogens with zero attached hydrogens (tertiary/aromatic N) is 4. The Balaban J connectivity index is 1.39. The maximum Gasteiger partial charge on any atom is 0.335 e. The second-order valence-corrected chi connectivity index (χ2v) is 9.99. The summed E-state index contributed by atoms with van der Waals surface area (Å²) in [6.07, 6.45) is 3.79. The Kier molecular flexibility index (Phi) is 6.55. The normalized spacial score (nSPS) is 15.7. The first kappa shape index (κ1) is 24.1. The third-order valence-electron chi connectivity index (χ3n) is 7.17. The molecule has 0 atom stereocenters. The summed E-state index contributed by atoms with van der Waals surface area (Å²) in [5, 5.41) is 22.0. The van der Waals surface area contributed by atoms with Gasteiger partial charge in [0.2, 0.25) is 0 Å². The molecule has 0 amide bonds. The van der Waals surface area contributed by atoms with Gasteiger partial charge in [0.1, 0.15) is 0 Å². The largest absolute Gasteiger partial charge is 0.494 e. The molecule has 1 aliphatic rings. The van der Waals surface area contributed by atoms with Gasteiger partial charge < -0.3 is 24.7 Å². The number of benzene rings is 2. The number of carboxylic acid groups (broad SMARTS) is 1. The van der Waals surface area contributed by atoms with Crippen molar-refractivity contribution in [1.29, 1.82) is 0 Å². The highest BCUT2D eigenvalue weighted by Gasteiger charge is 2.18. The molecule has 188 valence electrons. The molecule has 0 spiro atoms. The van der Waals surface area contributed by atoms with E-state index in [1.54, 1.807) is 18.3 Å². The minimum atomic E-state index is -0.994. The quantitative estimate of drug-likeness (QED) is 0.330. The predicted molar refractivity (Wildman–Crippen MR) is 144 cm³/mol. The molecule has 36 heavy (non-hydrogen) atoms. The van der Waals surface area contributed by atoms with Crippen molar-refractivity contribution in [3.63, 3.8) is 0 Å². The predicted octanol–water partition coefficient (Wildman–Crippen LogP) is 4.65. The van der Waals surface area contributed by atoms with Crippen molar-refractivity contribution in [3.8, 4) is 5.88 Å². The Bertz CT molecular complexity index is 1440. The molecule has 3 N–H and O–H groups in total. The van der Waals surface area contributed by atoms with Crippen LogP contribution in [-0.4, -0.2) is 81.5 Å². The second-order valence-electron chi connectivity index (χ2n) is 9.99. The molecule has 0 aliphatic carbocycles. The van der Waals surface area contributed by atoms with Crippen LogP contribution in [-0.2, 0) is 6.54 Å². The third-order valence-corrected chi connectivity index (χ3v) is 7.17. The molecule has 1 aliphatic heterocycles. The van der Waals surface area contributed by atoms with Gasteiger partial charge in [0.15, 0.2) is 5.88 Å². The van der Waals surface area contributed by atoms with Crippen LogP contribution in [0.15, 0.2) is 47.6 Å². The zero-order valence-electron chi connectivity index (χ0n) is 21.0. The Morgan fingerprint density at radius 1 is 1.11 bits per heavy atom. The van der Waals surface area contributed by atoms with Crippen molar-refractivity contribution in [1.82, 2.24) is 19.4 Å². The number of aromatic amines is 1. The molecule has 8 nitrogen and oxygen atoms in total. The minimum absolute atomic E-state index is 0.0191. The molecule has 5 rings (SSSR count). The number of carbonyl (C=O) groups is 1. The monoisotopic (exact) mass is 487 g/mol. The van der Waals surface area contributed by atoms with Crippen LogP contribution < -0.4 is 0 Å². The van der Waals surface area contributed by atoms with Crippen molar-refractivity contribution >= 4 is 39.7 Å². The van der Waals surface area contributed by atoms with E-state index in [-0.39, 0.29) is 17.4 Å². The Morgan fingerprint density at radius 2 is 1.89 bits per heavy atom. The number of rotatable bonds is 7. The van der Waals surface area contributed by atoms with Crippen LogP contribution in [0, 0.1) is 0 Å². The van der Waals surface area contributed by atoms with Gasteiger partial charge in [-0.15, -0.1) is 0 Å². The van der Waals surface area contributed by atoms with Gasteiger partial charge in [-0.2, -0.15) is 0 Å². The first-order valence-electron chi connectivity index (χ1n) is 12.5. The van der Waals surface area contributed by atoms with Gasteiger partial charge in [0.25, 0.3) is 0 Å². The smallest absolute Gasteiger partial charge is 0.335 e. The number of aromatic nitrogens is 2. The van der Waals surface area contributed by atoms with E-state index in [2.05, 4.69) is 55.8 Å². The molecule has 1 fully saturated rings. The topological polar surface area (TPSA) is 97.1 Å². The highest BCUT2D eigenvalue weighted by atomic mass is 16.4. The van der Waals surface area contributed by atoms with Crippen LogP contribution in [0.3, 0.4) is 0 Å². The lowest BCUT2D eigenvalue weighted by Gasteiger charge is -2.32. The van der Waals surface area contributed by atoms with Crippen molar-refractivity contribution in [2.24, 2.45) is 4.99 Å². The number of H-pyrrole nitrogens is 1. The number of carboxylic acids is 1. The molecule has 8 heteroatoms. The average Bonchev–Trinajstić information content (AvgIpc) is 3.40. The van der Waals surface area contributed by atoms with E-state index < -0.39 is 5.97 Å². The number of aromatic hydroxyl groups is 1. The molecule has 1 saturated heterocycles. The SMILES string of the molecule is CC(C)c1cc(C(=O)O)cc2[nH]c(O)c(C=Nc3ccc4c(ccn4CCN4CCN(C)CC4)c3)c12. The van der Waals surface area contributed by atoms with Crippen LogP contribution in [0.4, 0.5) is 5.69 Å². The Hall–Kier alpha value is -3.62. The van der Waals surface area contributed by atoms with Gasteiger partial charge in [-0.05, 0) is 54.9 Å². The van der Waals surface area contributed by atoms with Crippen LogP contribution in [0.25, 0.3) is 21.8 Å². The summed E-state index contributed by atoms with van der Waals surface area (Å²) < 4.78 is 2.29. The van der Waals surface area contributed by atoms with E-state index in [0.29, 0.717) is 11.1 Å². The third kappa shape index (κ3) is 4.74. The number of likely N-dealkylation sites (N-methyl/N-ethyl adjacent to an activating group) is 1. The number of fused-ring (bicyclic) bond motifs is 2. The number of nitrogens with one attached hydrogen (secondary N) is 1. The second kappa shape index (κ2) is 9.79. The fourth-order valence-corrected chi connectivity index (χ4v) is 5.00. The van der Waals surface area contributed by atoms with Crippen LogP contribution in [0.2, 0.25) is 0 Å². The number of hydrogen-bond acceptors (Lipinski definition) is 5. The Labute approximate surface area is 210 Å². The average molecular weight is 488 g/mol. The van der Waals surface area contributed by atoms with E-state index in [1.807, 2.05) is 19.9 Å². The summed E-state index contributed by atoms with van der Waals surface area (Å²) >= 11 is 0.